The fourth-order valence-corrected chi connectivity index (χ4v) is 0.309. The first-order valence-corrected chi connectivity index (χ1v) is 2.33. The monoisotopic (exact) mass is 130 g/mol. The predicted octanol–water partition coefficient (Wildman–Crippen LogP) is -2.00. The maximum absolute atomic E-state index is 10.0. The number of hydrogen-bond donors (Lipinski definition) is 2. The minimum atomic E-state index is -1.05. The van der Waals surface area contributed by atoms with Crippen molar-refractivity contribution in [3.05, 3.63) is 0 Å². The van der Waals surface area contributed by atoms with Crippen LogP contribution in [0.2, 0.25) is 0 Å². The Balaban J connectivity index is 3.63. The number of primary amides is 1. The maximum atomic E-state index is 10.0. The predicted molar refractivity (Wildman–Crippen MR) is 29.9 cm³/mol. The molecule has 5 heteroatoms. The Labute approximate surface area is 52.2 Å². The summed E-state index contributed by atoms with van der Waals surface area (Å²) < 4.78 is 0. The van der Waals surface area contributed by atoms with E-state index in [4.69, 9.17) is 11.5 Å². The van der Waals surface area contributed by atoms with Crippen molar-refractivity contribution < 1.29 is 9.59 Å². The normalized spacial score (nSPS) is 12.6. The number of hydrogen-bond acceptors (Lipinski definition) is 3. The molecule has 1 radical (unpaired) electrons. The summed E-state index contributed by atoms with van der Waals surface area (Å²) in [6.07, 6.45) is -0.248. The van der Waals surface area contributed by atoms with Gasteiger partial charge in [0.15, 0.2) is 0 Å². The lowest BCUT2D eigenvalue weighted by molar-refractivity contribution is -0.124. The van der Waals surface area contributed by atoms with Crippen molar-refractivity contribution in [1.29, 1.82) is 0 Å². The Bertz CT molecular complexity index is 134. The van der Waals surface area contributed by atoms with Gasteiger partial charge in [0.1, 0.15) is 0 Å². The van der Waals surface area contributed by atoms with Crippen molar-refractivity contribution >= 4 is 11.8 Å². The van der Waals surface area contributed by atoms with E-state index in [0.717, 1.165) is 0 Å². The van der Waals surface area contributed by atoms with Gasteiger partial charge in [-0.2, -0.15) is 0 Å². The smallest absolute Gasteiger partial charge is 0.255 e. The molecule has 0 fully saturated rings. The standard InChI is InChI=1S/C4H8N3O2/c5-2(4(7)9)1-3(6)8/h2,7H,1,5H2,(H2,6,8)/t2-/m1/s1. The third-order valence-electron chi connectivity index (χ3n) is 0.758. The molecule has 0 bridgehead atoms. The van der Waals surface area contributed by atoms with Crippen LogP contribution in [0.4, 0.5) is 0 Å². The summed E-state index contributed by atoms with van der Waals surface area (Å²) in [6, 6.07) is -1.05. The summed E-state index contributed by atoms with van der Waals surface area (Å²) in [7, 11) is 0. The quantitative estimate of drug-likeness (QED) is 0.460. The van der Waals surface area contributed by atoms with Crippen molar-refractivity contribution in [2.45, 2.75) is 12.5 Å². The van der Waals surface area contributed by atoms with Crippen molar-refractivity contribution in [3.8, 4) is 0 Å². The molecule has 5 N–H and O–H groups in total. The molecule has 0 saturated heterocycles. The van der Waals surface area contributed by atoms with Gasteiger partial charge >= 0.3 is 0 Å². The van der Waals surface area contributed by atoms with Gasteiger partial charge in [-0.15, -0.1) is 0 Å². The molecule has 0 aromatic rings. The number of nitrogens with one attached hydrogen (secondary N) is 1. The fourth-order valence-electron chi connectivity index (χ4n) is 0.309. The van der Waals surface area contributed by atoms with Crippen LogP contribution in [-0.4, -0.2) is 17.9 Å². The SMILES string of the molecule is [NH]C(=O)[C@H](N)CC(N)=O. The van der Waals surface area contributed by atoms with Crippen molar-refractivity contribution in [2.24, 2.45) is 11.5 Å². The van der Waals surface area contributed by atoms with E-state index in [2.05, 4.69) is 5.73 Å². The summed E-state index contributed by atoms with van der Waals surface area (Å²) in [5.74, 6) is -1.63. The lowest BCUT2D eigenvalue weighted by Crippen LogP contribution is -2.35. The zero-order valence-electron chi connectivity index (χ0n) is 4.76. The molecule has 51 valence electrons. The summed E-state index contributed by atoms with van der Waals surface area (Å²) in [5.41, 5.74) is 16.1. The number of nitrogens with two attached hydrogens (primary N) is 2. The highest BCUT2D eigenvalue weighted by Crippen LogP contribution is 1.83. The Morgan fingerprint density at radius 3 is 2.11 bits per heavy atom. The fraction of sp³-hybridized carbons (Fsp3) is 0.500. The Morgan fingerprint density at radius 2 is 2.00 bits per heavy atom. The first-order chi connectivity index (χ1) is 4.04. The van der Waals surface area contributed by atoms with E-state index in [-0.39, 0.29) is 6.42 Å². The molecule has 0 aromatic heterocycles. The van der Waals surface area contributed by atoms with Gasteiger partial charge in [0.05, 0.1) is 12.5 Å². The summed E-state index contributed by atoms with van der Waals surface area (Å²) in [6.45, 7) is 0. The molecule has 5 nitrogen and oxygen atoms in total. The molecule has 0 aliphatic rings. The van der Waals surface area contributed by atoms with Gasteiger partial charge in [-0.25, -0.2) is 0 Å². The van der Waals surface area contributed by atoms with Gasteiger partial charge in [0.25, 0.3) is 5.91 Å². The Hall–Kier alpha value is -1.10. The molecule has 0 aromatic carbocycles. The summed E-state index contributed by atoms with van der Waals surface area (Å²) >= 11 is 0. The molecule has 0 spiro atoms. The van der Waals surface area contributed by atoms with Crippen LogP contribution in [0.15, 0.2) is 0 Å². The highest BCUT2D eigenvalue weighted by atomic mass is 16.2. The van der Waals surface area contributed by atoms with Crippen LogP contribution in [0.3, 0.4) is 0 Å². The van der Waals surface area contributed by atoms with Crippen LogP contribution in [0.25, 0.3) is 0 Å². The molecule has 9 heavy (non-hydrogen) atoms. The van der Waals surface area contributed by atoms with Crippen molar-refractivity contribution in [3.63, 3.8) is 0 Å². The molecule has 2 amide bonds. The number of rotatable bonds is 3. The topological polar surface area (TPSA) is 110 Å². The third-order valence-corrected chi connectivity index (χ3v) is 0.758. The second kappa shape index (κ2) is 3.03. The summed E-state index contributed by atoms with van der Waals surface area (Å²) in [4.78, 5) is 20.0. The van der Waals surface area contributed by atoms with E-state index in [9.17, 15) is 9.59 Å². The highest BCUT2D eigenvalue weighted by molar-refractivity contribution is 5.85. The maximum Gasteiger partial charge on any atom is 0.255 e. The van der Waals surface area contributed by atoms with Crippen LogP contribution < -0.4 is 17.2 Å². The Morgan fingerprint density at radius 1 is 1.56 bits per heavy atom. The average Bonchev–Trinajstić information content (AvgIpc) is 1.63. The van der Waals surface area contributed by atoms with E-state index in [0.29, 0.717) is 0 Å². The Kier molecular flexibility index (Phi) is 2.66. The van der Waals surface area contributed by atoms with Crippen LogP contribution in [0.5, 0.6) is 0 Å². The molecule has 0 saturated carbocycles. The van der Waals surface area contributed by atoms with Gasteiger partial charge in [0, 0.05) is 0 Å². The van der Waals surface area contributed by atoms with E-state index >= 15 is 0 Å². The molecule has 0 heterocycles. The number of amides is 2. The molecular weight excluding hydrogens is 122 g/mol. The lowest BCUT2D eigenvalue weighted by atomic mass is 10.2. The molecule has 0 rings (SSSR count). The second-order valence-corrected chi connectivity index (χ2v) is 1.64. The van der Waals surface area contributed by atoms with E-state index in [1.165, 1.54) is 0 Å². The van der Waals surface area contributed by atoms with Crippen LogP contribution >= 0.6 is 0 Å². The van der Waals surface area contributed by atoms with Gasteiger partial charge in [-0.3, -0.25) is 15.3 Å². The molecule has 0 aliphatic heterocycles. The zero-order valence-corrected chi connectivity index (χ0v) is 4.76. The lowest BCUT2D eigenvalue weighted by Gasteiger charge is -2.00. The first kappa shape index (κ1) is 7.90. The minimum absolute atomic E-state index is 0.248. The third kappa shape index (κ3) is 3.48. The first-order valence-electron chi connectivity index (χ1n) is 2.33. The molecule has 1 atom stereocenters. The van der Waals surface area contributed by atoms with Crippen molar-refractivity contribution in [2.75, 3.05) is 0 Å². The van der Waals surface area contributed by atoms with Crippen LogP contribution in [0.1, 0.15) is 6.42 Å². The highest BCUT2D eigenvalue weighted by Gasteiger charge is 2.11. The van der Waals surface area contributed by atoms with Crippen molar-refractivity contribution in [1.82, 2.24) is 5.73 Å². The van der Waals surface area contributed by atoms with E-state index < -0.39 is 17.9 Å². The van der Waals surface area contributed by atoms with Gasteiger partial charge in [-0.1, -0.05) is 0 Å². The largest absolute Gasteiger partial charge is 0.370 e. The van der Waals surface area contributed by atoms with E-state index in [1.807, 2.05) is 0 Å². The van der Waals surface area contributed by atoms with E-state index in [1.54, 1.807) is 0 Å². The van der Waals surface area contributed by atoms with Gasteiger partial charge in [0.2, 0.25) is 5.91 Å². The number of carbonyl (C=O) groups excluding carboxylic acids is 2. The van der Waals surface area contributed by atoms with Gasteiger partial charge < -0.3 is 11.5 Å². The molecule has 0 aliphatic carbocycles. The van der Waals surface area contributed by atoms with Gasteiger partial charge in [-0.05, 0) is 0 Å². The molecule has 0 unspecified atom stereocenters. The number of carbonyl (C=O) groups is 2. The van der Waals surface area contributed by atoms with Crippen LogP contribution in [0, 0.1) is 0 Å². The zero-order chi connectivity index (χ0) is 7.44. The van der Waals surface area contributed by atoms with Crippen LogP contribution in [-0.2, 0) is 9.59 Å². The average molecular weight is 130 g/mol. The second-order valence-electron chi connectivity index (χ2n) is 1.64. The molecular formula is C4H8N3O2. The minimum Gasteiger partial charge on any atom is -0.370 e. The summed E-state index contributed by atoms with van der Waals surface area (Å²) in [5, 5.41) is 0.